The van der Waals surface area contributed by atoms with E-state index in [0.717, 1.165) is 0 Å². The van der Waals surface area contributed by atoms with E-state index >= 15 is 0 Å². The minimum absolute atomic E-state index is 0.164. The molecule has 0 aliphatic carbocycles. The van der Waals surface area contributed by atoms with Gasteiger partial charge in [0.05, 0.1) is 19.4 Å². The van der Waals surface area contributed by atoms with Crippen LogP contribution in [0.1, 0.15) is 16.8 Å². The van der Waals surface area contributed by atoms with Crippen LogP contribution in [0, 0.1) is 0 Å². The Kier molecular flexibility index (Phi) is 3.92. The van der Waals surface area contributed by atoms with Crippen LogP contribution in [0.5, 0.6) is 5.75 Å². The Bertz CT molecular complexity index is 470. The molecule has 104 valence electrons. The van der Waals surface area contributed by atoms with Crippen LogP contribution in [0.3, 0.4) is 0 Å². The largest absolute Gasteiger partial charge is 0.495 e. The molecule has 1 atom stereocenters. The Balaban J connectivity index is 1.98. The summed E-state index contributed by atoms with van der Waals surface area (Å²) in [5.41, 5.74) is 5.61. The fourth-order valence-electron chi connectivity index (χ4n) is 1.96. The average Bonchev–Trinajstić information content (AvgIpc) is 2.83. The number of nitrogen functional groups attached to an aromatic ring is 1. The number of ether oxygens (including phenoxy) is 2. The van der Waals surface area contributed by atoms with Gasteiger partial charge in [0.15, 0.2) is 0 Å². The van der Waals surface area contributed by atoms with Crippen molar-refractivity contribution in [3.05, 3.63) is 23.8 Å². The molecule has 6 heteroatoms. The number of anilines is 1. The zero-order valence-corrected chi connectivity index (χ0v) is 10.8. The fourth-order valence-corrected chi connectivity index (χ4v) is 1.96. The van der Waals surface area contributed by atoms with Crippen LogP contribution in [0.2, 0.25) is 0 Å². The molecule has 0 spiro atoms. The highest BCUT2D eigenvalue weighted by molar-refractivity contribution is 5.95. The highest BCUT2D eigenvalue weighted by Crippen LogP contribution is 2.22. The number of carbonyl (C=O) groups is 1. The molecule has 1 heterocycles. The van der Waals surface area contributed by atoms with E-state index in [4.69, 9.17) is 15.2 Å². The van der Waals surface area contributed by atoms with Gasteiger partial charge in [-0.15, -0.1) is 0 Å². The van der Waals surface area contributed by atoms with Gasteiger partial charge >= 0.3 is 0 Å². The first-order valence-corrected chi connectivity index (χ1v) is 6.06. The quantitative estimate of drug-likeness (QED) is 0.675. The molecule has 0 saturated carbocycles. The van der Waals surface area contributed by atoms with E-state index < -0.39 is 5.60 Å². The molecule has 0 aromatic heterocycles. The molecule has 1 aliphatic heterocycles. The van der Waals surface area contributed by atoms with Crippen LogP contribution >= 0.6 is 0 Å². The summed E-state index contributed by atoms with van der Waals surface area (Å²) in [6.07, 6.45) is 0.526. The fraction of sp³-hybridized carbons (Fsp3) is 0.462. The summed E-state index contributed by atoms with van der Waals surface area (Å²) in [4.78, 5) is 11.9. The molecule has 1 aromatic carbocycles. The third-order valence-corrected chi connectivity index (χ3v) is 3.15. The monoisotopic (exact) mass is 266 g/mol. The number of aliphatic hydroxyl groups is 1. The van der Waals surface area contributed by atoms with Gasteiger partial charge in [0.25, 0.3) is 5.91 Å². The van der Waals surface area contributed by atoms with Crippen molar-refractivity contribution in [1.82, 2.24) is 5.32 Å². The summed E-state index contributed by atoms with van der Waals surface area (Å²) >= 11 is 0. The summed E-state index contributed by atoms with van der Waals surface area (Å²) in [6.45, 7) is 0.928. The minimum atomic E-state index is -0.965. The van der Waals surface area contributed by atoms with Gasteiger partial charge in [-0.25, -0.2) is 0 Å². The van der Waals surface area contributed by atoms with Crippen LogP contribution in [-0.4, -0.2) is 43.5 Å². The van der Waals surface area contributed by atoms with Crippen LogP contribution in [0.4, 0.5) is 5.69 Å². The van der Waals surface area contributed by atoms with Crippen LogP contribution < -0.4 is 15.8 Å². The van der Waals surface area contributed by atoms with Crippen molar-refractivity contribution in [2.75, 3.05) is 32.6 Å². The van der Waals surface area contributed by atoms with E-state index in [1.165, 1.54) is 7.11 Å². The minimum Gasteiger partial charge on any atom is -0.495 e. The number of carbonyl (C=O) groups excluding carboxylic acids is 1. The summed E-state index contributed by atoms with van der Waals surface area (Å²) in [5.74, 6) is 0.244. The summed E-state index contributed by atoms with van der Waals surface area (Å²) < 4.78 is 10.1. The molecule has 6 nitrogen and oxygen atoms in total. The Hall–Kier alpha value is -1.79. The van der Waals surface area contributed by atoms with Gasteiger partial charge < -0.3 is 25.6 Å². The van der Waals surface area contributed by atoms with Gasteiger partial charge in [-0.1, -0.05) is 0 Å². The number of hydrogen-bond donors (Lipinski definition) is 3. The lowest BCUT2D eigenvalue weighted by Crippen LogP contribution is -2.43. The van der Waals surface area contributed by atoms with Crippen molar-refractivity contribution in [3.63, 3.8) is 0 Å². The Morgan fingerprint density at radius 1 is 1.63 bits per heavy atom. The summed E-state index contributed by atoms with van der Waals surface area (Å²) in [6, 6.07) is 4.81. The lowest BCUT2D eigenvalue weighted by Gasteiger charge is -2.20. The Labute approximate surface area is 111 Å². The van der Waals surface area contributed by atoms with Gasteiger partial charge in [0.1, 0.15) is 11.4 Å². The third-order valence-electron chi connectivity index (χ3n) is 3.15. The van der Waals surface area contributed by atoms with Crippen LogP contribution in [-0.2, 0) is 4.74 Å². The predicted octanol–water partition coefficient (Wildman–Crippen LogP) is 0.159. The molecule has 4 N–H and O–H groups in total. The first-order chi connectivity index (χ1) is 9.04. The van der Waals surface area contributed by atoms with E-state index in [-0.39, 0.29) is 19.1 Å². The molecule has 1 saturated heterocycles. The maximum atomic E-state index is 11.9. The lowest BCUT2D eigenvalue weighted by atomic mass is 10.0. The second-order valence-electron chi connectivity index (χ2n) is 4.67. The van der Waals surface area contributed by atoms with Gasteiger partial charge in [-0.3, -0.25) is 4.79 Å². The maximum absolute atomic E-state index is 11.9. The number of methoxy groups -OCH3 is 1. The number of benzene rings is 1. The Morgan fingerprint density at radius 2 is 2.42 bits per heavy atom. The summed E-state index contributed by atoms with van der Waals surface area (Å²) in [7, 11) is 1.51. The number of hydrogen-bond acceptors (Lipinski definition) is 5. The number of nitrogens with one attached hydrogen (secondary N) is 1. The highest BCUT2D eigenvalue weighted by Gasteiger charge is 2.32. The van der Waals surface area contributed by atoms with E-state index in [1.54, 1.807) is 18.2 Å². The second-order valence-corrected chi connectivity index (χ2v) is 4.67. The third kappa shape index (κ3) is 3.15. The van der Waals surface area contributed by atoms with E-state index in [0.29, 0.717) is 30.0 Å². The van der Waals surface area contributed by atoms with Crippen LogP contribution in [0.25, 0.3) is 0 Å². The molecule has 19 heavy (non-hydrogen) atoms. The molecular weight excluding hydrogens is 248 g/mol. The van der Waals surface area contributed by atoms with Crippen molar-refractivity contribution in [1.29, 1.82) is 0 Å². The van der Waals surface area contributed by atoms with Gasteiger partial charge in [-0.05, 0) is 18.2 Å². The molecule has 1 unspecified atom stereocenters. The smallest absolute Gasteiger partial charge is 0.251 e. The Morgan fingerprint density at radius 3 is 3.00 bits per heavy atom. The summed E-state index contributed by atoms with van der Waals surface area (Å²) in [5, 5.41) is 12.7. The molecule has 0 radical (unpaired) electrons. The number of rotatable bonds is 4. The van der Waals surface area contributed by atoms with Crippen LogP contribution in [0.15, 0.2) is 18.2 Å². The molecular formula is C13H18N2O4. The normalized spacial score (nSPS) is 22.2. The standard InChI is InChI=1S/C13H18N2O4/c1-18-11-3-2-9(6-10(11)14)12(16)15-7-13(17)4-5-19-8-13/h2-3,6,17H,4-5,7-8,14H2,1H3,(H,15,16). The zero-order chi connectivity index (χ0) is 13.9. The van der Waals surface area contributed by atoms with Crippen molar-refractivity contribution in [2.45, 2.75) is 12.0 Å². The maximum Gasteiger partial charge on any atom is 0.251 e. The van der Waals surface area contributed by atoms with Crippen molar-refractivity contribution < 1.29 is 19.4 Å². The predicted molar refractivity (Wildman–Crippen MR) is 70.1 cm³/mol. The molecule has 1 amide bonds. The number of amides is 1. The van der Waals surface area contributed by atoms with E-state index in [2.05, 4.69) is 5.32 Å². The highest BCUT2D eigenvalue weighted by atomic mass is 16.5. The molecule has 1 aliphatic rings. The first-order valence-electron chi connectivity index (χ1n) is 6.06. The van der Waals surface area contributed by atoms with Crippen molar-refractivity contribution >= 4 is 11.6 Å². The first kappa shape index (κ1) is 13.6. The molecule has 0 bridgehead atoms. The zero-order valence-electron chi connectivity index (χ0n) is 10.8. The van der Waals surface area contributed by atoms with Gasteiger partial charge in [-0.2, -0.15) is 0 Å². The molecule has 1 aromatic rings. The van der Waals surface area contributed by atoms with E-state index in [9.17, 15) is 9.90 Å². The topological polar surface area (TPSA) is 93.8 Å². The van der Waals surface area contributed by atoms with Gasteiger partial charge in [0.2, 0.25) is 0 Å². The average molecular weight is 266 g/mol. The SMILES string of the molecule is COc1ccc(C(=O)NCC2(O)CCOC2)cc1N. The molecule has 1 fully saturated rings. The van der Waals surface area contributed by atoms with E-state index in [1.807, 2.05) is 0 Å². The lowest BCUT2D eigenvalue weighted by molar-refractivity contribution is 0.0264. The second kappa shape index (κ2) is 5.46. The van der Waals surface area contributed by atoms with Gasteiger partial charge in [0, 0.05) is 25.1 Å². The van der Waals surface area contributed by atoms with Crippen molar-refractivity contribution in [2.24, 2.45) is 0 Å². The van der Waals surface area contributed by atoms with Crippen molar-refractivity contribution in [3.8, 4) is 5.75 Å². The molecule has 2 rings (SSSR count). The number of nitrogens with two attached hydrogens (primary N) is 1.